The Morgan fingerprint density at radius 1 is 1.11 bits per heavy atom. The van der Waals surface area contributed by atoms with Gasteiger partial charge in [0.05, 0.1) is 11.6 Å². The zero-order valence-corrected chi connectivity index (χ0v) is 15.4. The third kappa shape index (κ3) is 3.89. The van der Waals surface area contributed by atoms with Gasteiger partial charge in [-0.15, -0.1) is 0 Å². The van der Waals surface area contributed by atoms with Gasteiger partial charge in [-0.2, -0.15) is 0 Å². The van der Waals surface area contributed by atoms with Crippen molar-refractivity contribution in [1.29, 1.82) is 0 Å². The second kappa shape index (κ2) is 7.54. The van der Waals surface area contributed by atoms with E-state index in [0.717, 1.165) is 12.1 Å². The molecule has 0 saturated carbocycles. The van der Waals surface area contributed by atoms with Gasteiger partial charge in [-0.25, -0.2) is 13.6 Å². The fourth-order valence-electron chi connectivity index (χ4n) is 2.77. The van der Waals surface area contributed by atoms with Crippen molar-refractivity contribution in [3.05, 3.63) is 74.9 Å². The third-order valence-electron chi connectivity index (χ3n) is 3.98. The topological polar surface area (TPSA) is 70.2 Å². The summed E-state index contributed by atoms with van der Waals surface area (Å²) in [6, 6.07) is 6.31. The molecule has 27 heavy (non-hydrogen) atoms. The molecular formula is C18H13Cl2F2N3O2. The van der Waals surface area contributed by atoms with E-state index in [-0.39, 0.29) is 27.0 Å². The number of carbonyl (C=O) groups is 2. The molecule has 3 N–H and O–H groups in total. The molecule has 5 nitrogen and oxygen atoms in total. The van der Waals surface area contributed by atoms with Crippen molar-refractivity contribution >= 4 is 40.8 Å². The third-order valence-corrected chi connectivity index (χ3v) is 4.64. The van der Waals surface area contributed by atoms with E-state index < -0.39 is 29.6 Å². The molecule has 1 atom stereocenters. The Bertz CT molecular complexity index is 959. The standard InChI is InChI=1S/C18H13Cl2F2N3O2/c1-8-14(17(26)24-9-5-6-12(21)13(22)7-9)16(25-18(27)23-8)15-10(19)3-2-4-11(15)20/h2-7,16H,1H3,(H,24,26)(H2,23,25,27)/t16-/m1/s1. The zero-order chi connectivity index (χ0) is 19.7. The Balaban J connectivity index is 2.01. The number of carbonyl (C=O) groups excluding carboxylic acids is 2. The summed E-state index contributed by atoms with van der Waals surface area (Å²) in [6.07, 6.45) is 0. The normalized spacial score (nSPS) is 16.6. The van der Waals surface area contributed by atoms with Gasteiger partial charge in [-0.3, -0.25) is 4.79 Å². The van der Waals surface area contributed by atoms with Crippen LogP contribution in [-0.4, -0.2) is 11.9 Å². The van der Waals surface area contributed by atoms with Gasteiger partial charge in [0.2, 0.25) is 0 Å². The largest absolute Gasteiger partial charge is 0.327 e. The Kier molecular flexibility index (Phi) is 5.34. The molecule has 2 aromatic rings. The minimum absolute atomic E-state index is 0.0557. The highest BCUT2D eigenvalue weighted by atomic mass is 35.5. The molecule has 0 unspecified atom stereocenters. The van der Waals surface area contributed by atoms with Gasteiger partial charge >= 0.3 is 6.03 Å². The number of hydrogen-bond donors (Lipinski definition) is 3. The summed E-state index contributed by atoms with van der Waals surface area (Å²) < 4.78 is 26.5. The van der Waals surface area contributed by atoms with Crippen molar-refractivity contribution in [1.82, 2.24) is 10.6 Å². The molecule has 1 aliphatic heterocycles. The van der Waals surface area contributed by atoms with Gasteiger partial charge in [0, 0.05) is 33.1 Å². The lowest BCUT2D eigenvalue weighted by Gasteiger charge is -2.29. The summed E-state index contributed by atoms with van der Waals surface area (Å²) in [7, 11) is 0. The average molecular weight is 412 g/mol. The Hall–Kier alpha value is -2.64. The number of rotatable bonds is 3. The first kappa shape index (κ1) is 19.1. The SMILES string of the molecule is CC1=C(C(=O)Nc2ccc(F)c(F)c2)[C@H](c2c(Cl)cccc2Cl)NC(=O)N1. The van der Waals surface area contributed by atoms with E-state index in [4.69, 9.17) is 23.2 Å². The summed E-state index contributed by atoms with van der Waals surface area (Å²) >= 11 is 12.4. The minimum atomic E-state index is -1.10. The predicted molar refractivity (Wildman–Crippen MR) is 98.6 cm³/mol. The van der Waals surface area contributed by atoms with E-state index in [2.05, 4.69) is 16.0 Å². The molecule has 9 heteroatoms. The van der Waals surface area contributed by atoms with Gasteiger partial charge in [0.1, 0.15) is 0 Å². The Morgan fingerprint density at radius 3 is 2.41 bits per heavy atom. The van der Waals surface area contributed by atoms with Crippen molar-refractivity contribution in [3.63, 3.8) is 0 Å². The molecule has 1 aliphatic rings. The predicted octanol–water partition coefficient (Wildman–Crippen LogP) is 4.54. The second-order valence-corrected chi connectivity index (χ2v) is 6.60. The van der Waals surface area contributed by atoms with Crippen LogP contribution in [0.25, 0.3) is 0 Å². The monoisotopic (exact) mass is 411 g/mol. The highest BCUT2D eigenvalue weighted by molar-refractivity contribution is 6.36. The number of allylic oxidation sites excluding steroid dienone is 1. The Morgan fingerprint density at radius 2 is 1.78 bits per heavy atom. The molecule has 0 spiro atoms. The number of halogens is 4. The molecule has 3 amide bonds. The van der Waals surface area contributed by atoms with Crippen LogP contribution in [0.1, 0.15) is 18.5 Å². The maximum atomic E-state index is 13.4. The molecular weight excluding hydrogens is 399 g/mol. The first-order valence-corrected chi connectivity index (χ1v) is 8.52. The highest BCUT2D eigenvalue weighted by Gasteiger charge is 2.33. The van der Waals surface area contributed by atoms with Crippen molar-refractivity contribution in [2.75, 3.05) is 5.32 Å². The van der Waals surface area contributed by atoms with Crippen LogP contribution in [0.15, 0.2) is 47.7 Å². The molecule has 0 radical (unpaired) electrons. The van der Waals surface area contributed by atoms with E-state index in [1.807, 2.05) is 0 Å². The summed E-state index contributed by atoms with van der Waals surface area (Å²) in [5.74, 6) is -2.76. The van der Waals surface area contributed by atoms with E-state index in [1.54, 1.807) is 18.2 Å². The summed E-state index contributed by atoms with van der Waals surface area (Å²) in [4.78, 5) is 24.7. The molecule has 0 fully saturated rings. The molecule has 2 aromatic carbocycles. The van der Waals surface area contributed by atoms with Gasteiger partial charge in [0.25, 0.3) is 5.91 Å². The molecule has 0 aliphatic carbocycles. The molecule has 140 valence electrons. The summed E-state index contributed by atoms with van der Waals surface area (Å²) in [5.41, 5.74) is 0.819. The van der Waals surface area contributed by atoms with Crippen LogP contribution in [0.5, 0.6) is 0 Å². The fraction of sp³-hybridized carbons (Fsp3) is 0.111. The Labute approximate surface area is 163 Å². The van der Waals surface area contributed by atoms with E-state index in [0.29, 0.717) is 5.56 Å². The lowest BCUT2D eigenvalue weighted by Crippen LogP contribution is -2.46. The number of benzene rings is 2. The van der Waals surface area contributed by atoms with Crippen LogP contribution < -0.4 is 16.0 Å². The zero-order valence-electron chi connectivity index (χ0n) is 13.9. The smallest absolute Gasteiger partial charge is 0.319 e. The summed E-state index contributed by atoms with van der Waals surface area (Å²) in [5, 5.41) is 8.13. The fourth-order valence-corrected chi connectivity index (χ4v) is 3.39. The first-order chi connectivity index (χ1) is 12.8. The molecule has 1 heterocycles. The summed E-state index contributed by atoms with van der Waals surface area (Å²) in [6.45, 7) is 1.54. The minimum Gasteiger partial charge on any atom is -0.327 e. The van der Waals surface area contributed by atoms with Gasteiger partial charge in [-0.05, 0) is 31.2 Å². The maximum absolute atomic E-state index is 13.4. The van der Waals surface area contributed by atoms with E-state index >= 15 is 0 Å². The lowest BCUT2D eigenvalue weighted by molar-refractivity contribution is -0.113. The van der Waals surface area contributed by atoms with Crippen molar-refractivity contribution < 1.29 is 18.4 Å². The quantitative estimate of drug-likeness (QED) is 0.693. The maximum Gasteiger partial charge on any atom is 0.319 e. The molecule has 0 saturated heterocycles. The highest BCUT2D eigenvalue weighted by Crippen LogP contribution is 2.36. The molecule has 3 rings (SSSR count). The van der Waals surface area contributed by atoms with Crippen LogP contribution in [0.4, 0.5) is 19.3 Å². The van der Waals surface area contributed by atoms with Gasteiger partial charge < -0.3 is 16.0 Å². The van der Waals surface area contributed by atoms with E-state index in [1.165, 1.54) is 13.0 Å². The molecule has 0 bridgehead atoms. The van der Waals surface area contributed by atoms with Crippen LogP contribution >= 0.6 is 23.2 Å². The lowest BCUT2D eigenvalue weighted by atomic mass is 9.94. The van der Waals surface area contributed by atoms with Crippen LogP contribution in [0.3, 0.4) is 0 Å². The van der Waals surface area contributed by atoms with Gasteiger partial charge in [-0.1, -0.05) is 29.3 Å². The van der Waals surface area contributed by atoms with Gasteiger partial charge in [0.15, 0.2) is 11.6 Å². The van der Waals surface area contributed by atoms with E-state index in [9.17, 15) is 18.4 Å². The van der Waals surface area contributed by atoms with Crippen LogP contribution in [-0.2, 0) is 4.79 Å². The number of amides is 3. The van der Waals surface area contributed by atoms with Crippen molar-refractivity contribution in [3.8, 4) is 0 Å². The number of hydrogen-bond acceptors (Lipinski definition) is 2. The number of nitrogens with one attached hydrogen (secondary N) is 3. The second-order valence-electron chi connectivity index (χ2n) is 5.79. The first-order valence-electron chi connectivity index (χ1n) is 7.76. The average Bonchev–Trinajstić information content (AvgIpc) is 2.57. The number of anilines is 1. The molecule has 0 aromatic heterocycles. The van der Waals surface area contributed by atoms with Crippen LogP contribution in [0, 0.1) is 11.6 Å². The van der Waals surface area contributed by atoms with Crippen molar-refractivity contribution in [2.45, 2.75) is 13.0 Å². The van der Waals surface area contributed by atoms with Crippen molar-refractivity contribution in [2.24, 2.45) is 0 Å². The van der Waals surface area contributed by atoms with Crippen LogP contribution in [0.2, 0.25) is 10.0 Å². The number of urea groups is 1.